The van der Waals surface area contributed by atoms with E-state index in [-0.39, 0.29) is 17.7 Å². The van der Waals surface area contributed by atoms with E-state index in [1.165, 1.54) is 0 Å². The van der Waals surface area contributed by atoms with Crippen LogP contribution in [-0.4, -0.2) is 56.0 Å². The largest absolute Gasteiger partial charge is 0.379 e. The van der Waals surface area contributed by atoms with Gasteiger partial charge < -0.3 is 20.1 Å². The Morgan fingerprint density at radius 3 is 2.94 bits per heavy atom. The van der Waals surface area contributed by atoms with E-state index in [0.717, 1.165) is 45.6 Å². The molecule has 4 heteroatoms. The zero-order valence-corrected chi connectivity index (χ0v) is 10.4. The number of rotatable bonds is 3. The van der Waals surface area contributed by atoms with Crippen LogP contribution in [0.25, 0.3) is 0 Å². The molecule has 2 rings (SSSR count). The minimum absolute atomic E-state index is 0.185. The van der Waals surface area contributed by atoms with E-state index in [9.17, 15) is 0 Å². The number of likely N-dealkylation sites (N-methyl/N-ethyl adjacent to an activating group) is 1. The first-order valence-electron chi connectivity index (χ1n) is 6.34. The van der Waals surface area contributed by atoms with Crippen molar-refractivity contribution in [3.05, 3.63) is 0 Å². The predicted molar refractivity (Wildman–Crippen MR) is 63.4 cm³/mol. The van der Waals surface area contributed by atoms with Crippen LogP contribution in [0.2, 0.25) is 0 Å². The van der Waals surface area contributed by atoms with Gasteiger partial charge in [0.1, 0.15) is 0 Å². The van der Waals surface area contributed by atoms with E-state index >= 15 is 0 Å². The van der Waals surface area contributed by atoms with E-state index in [0.29, 0.717) is 0 Å². The molecule has 2 unspecified atom stereocenters. The molecular weight excluding hydrogens is 204 g/mol. The van der Waals surface area contributed by atoms with Crippen molar-refractivity contribution in [3.63, 3.8) is 0 Å². The summed E-state index contributed by atoms with van der Waals surface area (Å²) in [5.74, 6) is 0. The maximum atomic E-state index is 6.46. The molecule has 94 valence electrons. The molecule has 0 amide bonds. The molecule has 2 fully saturated rings. The molecule has 0 radical (unpaired) electrons. The van der Waals surface area contributed by atoms with Crippen LogP contribution in [0.1, 0.15) is 26.2 Å². The number of likely N-dealkylation sites (tertiary alicyclic amines) is 1. The molecule has 0 aromatic carbocycles. The summed E-state index contributed by atoms with van der Waals surface area (Å²) in [5, 5.41) is 0. The first-order chi connectivity index (χ1) is 7.64. The highest BCUT2D eigenvalue weighted by molar-refractivity contribution is 4.98. The van der Waals surface area contributed by atoms with Crippen LogP contribution in [-0.2, 0) is 9.47 Å². The summed E-state index contributed by atoms with van der Waals surface area (Å²) in [5.41, 5.74) is 6.28. The molecule has 4 nitrogen and oxygen atoms in total. The second-order valence-corrected chi connectivity index (χ2v) is 5.22. The normalized spacial score (nSPS) is 41.4. The first kappa shape index (κ1) is 12.3. The molecule has 2 aliphatic rings. The Kier molecular flexibility index (Phi) is 3.85. The van der Waals surface area contributed by atoms with Crippen LogP contribution in [0.3, 0.4) is 0 Å². The van der Waals surface area contributed by atoms with Gasteiger partial charge in [0.25, 0.3) is 0 Å². The predicted octanol–water partition coefficient (Wildman–Crippen LogP) is 0.603. The fourth-order valence-corrected chi connectivity index (χ4v) is 2.70. The smallest absolute Gasteiger partial charge is 0.0835 e. The number of nitrogens with two attached hydrogens (primary N) is 1. The number of hydrogen-bond acceptors (Lipinski definition) is 4. The third kappa shape index (κ3) is 2.56. The van der Waals surface area contributed by atoms with Crippen molar-refractivity contribution < 1.29 is 9.47 Å². The Bertz CT molecular complexity index is 231. The van der Waals surface area contributed by atoms with Crippen LogP contribution in [0.4, 0.5) is 0 Å². The third-order valence-electron chi connectivity index (χ3n) is 3.88. The van der Waals surface area contributed by atoms with E-state index in [2.05, 4.69) is 18.9 Å². The van der Waals surface area contributed by atoms with Crippen LogP contribution in [0.15, 0.2) is 0 Å². The number of ether oxygens (including phenoxy) is 2. The van der Waals surface area contributed by atoms with Crippen LogP contribution in [0, 0.1) is 0 Å². The molecule has 2 saturated heterocycles. The Balaban J connectivity index is 1.95. The molecule has 2 aliphatic heterocycles. The van der Waals surface area contributed by atoms with Gasteiger partial charge in [-0.2, -0.15) is 0 Å². The Hall–Kier alpha value is -0.160. The minimum atomic E-state index is -0.185. The van der Waals surface area contributed by atoms with Crippen LogP contribution >= 0.6 is 0 Å². The summed E-state index contributed by atoms with van der Waals surface area (Å²) >= 11 is 0. The highest BCUT2D eigenvalue weighted by Crippen LogP contribution is 2.27. The van der Waals surface area contributed by atoms with Gasteiger partial charge in [-0.15, -0.1) is 0 Å². The summed E-state index contributed by atoms with van der Waals surface area (Å²) in [6, 6.07) is 0. The van der Waals surface area contributed by atoms with Gasteiger partial charge in [-0.1, -0.05) is 6.92 Å². The standard InChI is InChI=1S/C12H24N2O2/c1-3-12(13)9-14(2)6-4-11(12)16-10-5-7-15-8-10/h10-11H,3-9,13H2,1-2H3/t10-,11?,12?/m0/s1. The van der Waals surface area contributed by atoms with Gasteiger partial charge in [-0.25, -0.2) is 0 Å². The lowest BCUT2D eigenvalue weighted by molar-refractivity contribution is -0.0836. The van der Waals surface area contributed by atoms with Crippen molar-refractivity contribution in [1.82, 2.24) is 4.90 Å². The summed E-state index contributed by atoms with van der Waals surface area (Å²) < 4.78 is 11.5. The molecule has 0 saturated carbocycles. The zero-order valence-electron chi connectivity index (χ0n) is 10.4. The Morgan fingerprint density at radius 2 is 2.31 bits per heavy atom. The second-order valence-electron chi connectivity index (χ2n) is 5.22. The van der Waals surface area contributed by atoms with Crippen LogP contribution < -0.4 is 5.73 Å². The number of hydrogen-bond donors (Lipinski definition) is 1. The molecule has 0 aromatic heterocycles. The van der Waals surface area contributed by atoms with Crippen molar-refractivity contribution in [2.24, 2.45) is 5.73 Å². The molecule has 16 heavy (non-hydrogen) atoms. The Morgan fingerprint density at radius 1 is 1.50 bits per heavy atom. The maximum Gasteiger partial charge on any atom is 0.0835 e. The van der Waals surface area contributed by atoms with Gasteiger partial charge in [-0.3, -0.25) is 0 Å². The minimum Gasteiger partial charge on any atom is -0.379 e. The molecule has 2 N–H and O–H groups in total. The van der Waals surface area contributed by atoms with Gasteiger partial charge in [0.2, 0.25) is 0 Å². The molecule has 0 aromatic rings. The Labute approximate surface area is 98.1 Å². The molecule has 3 atom stereocenters. The van der Waals surface area contributed by atoms with Crippen molar-refractivity contribution in [3.8, 4) is 0 Å². The van der Waals surface area contributed by atoms with E-state index in [1.54, 1.807) is 0 Å². The third-order valence-corrected chi connectivity index (χ3v) is 3.88. The highest BCUT2D eigenvalue weighted by Gasteiger charge is 2.40. The van der Waals surface area contributed by atoms with Gasteiger partial charge in [-0.05, 0) is 26.3 Å². The van der Waals surface area contributed by atoms with Gasteiger partial charge in [0.15, 0.2) is 0 Å². The average molecular weight is 228 g/mol. The second kappa shape index (κ2) is 5.00. The molecule has 2 heterocycles. The lowest BCUT2D eigenvalue weighted by atomic mass is 9.84. The van der Waals surface area contributed by atoms with Crippen molar-refractivity contribution in [2.75, 3.05) is 33.4 Å². The van der Waals surface area contributed by atoms with Gasteiger partial charge >= 0.3 is 0 Å². The highest BCUT2D eigenvalue weighted by atomic mass is 16.6. The lowest BCUT2D eigenvalue weighted by Crippen LogP contribution is -2.62. The van der Waals surface area contributed by atoms with Gasteiger partial charge in [0.05, 0.1) is 24.4 Å². The quantitative estimate of drug-likeness (QED) is 0.768. The summed E-state index contributed by atoms with van der Waals surface area (Å²) in [6.45, 7) is 5.74. The average Bonchev–Trinajstić information content (AvgIpc) is 2.75. The SMILES string of the molecule is CCC1(N)CN(C)CCC1O[C@H]1CCOC1. The van der Waals surface area contributed by atoms with Crippen molar-refractivity contribution in [1.29, 1.82) is 0 Å². The first-order valence-corrected chi connectivity index (χ1v) is 6.34. The van der Waals surface area contributed by atoms with E-state index < -0.39 is 0 Å². The van der Waals surface area contributed by atoms with Crippen LogP contribution in [0.5, 0.6) is 0 Å². The van der Waals surface area contributed by atoms with Gasteiger partial charge in [0, 0.05) is 19.7 Å². The summed E-state index contributed by atoms with van der Waals surface area (Å²) in [6.07, 6.45) is 3.49. The number of piperidine rings is 1. The molecule has 0 bridgehead atoms. The van der Waals surface area contributed by atoms with E-state index in [1.807, 2.05) is 0 Å². The maximum absolute atomic E-state index is 6.46. The van der Waals surface area contributed by atoms with E-state index in [4.69, 9.17) is 15.2 Å². The molecule has 0 aliphatic carbocycles. The molecule has 0 spiro atoms. The summed E-state index contributed by atoms with van der Waals surface area (Å²) in [7, 11) is 2.13. The fraction of sp³-hybridized carbons (Fsp3) is 1.00. The van der Waals surface area contributed by atoms with Crippen molar-refractivity contribution >= 4 is 0 Å². The lowest BCUT2D eigenvalue weighted by Gasteiger charge is -2.45. The zero-order chi connectivity index (χ0) is 11.6. The summed E-state index contributed by atoms with van der Waals surface area (Å²) in [4.78, 5) is 2.30. The fourth-order valence-electron chi connectivity index (χ4n) is 2.70. The number of nitrogens with zero attached hydrogens (tertiary/aromatic N) is 1. The topological polar surface area (TPSA) is 47.7 Å². The monoisotopic (exact) mass is 228 g/mol. The molecular formula is C12H24N2O2. The van der Waals surface area contributed by atoms with Crippen molar-refractivity contribution in [2.45, 2.75) is 43.9 Å².